The molecule has 6 nitrogen and oxygen atoms in total. The Labute approximate surface area is 214 Å². The summed E-state index contributed by atoms with van der Waals surface area (Å²) in [6.45, 7) is 5.43. The Morgan fingerprint density at radius 2 is 1.78 bits per heavy atom. The maximum atomic E-state index is 14.2. The van der Waals surface area contributed by atoms with E-state index in [1.165, 1.54) is 12.8 Å². The van der Waals surface area contributed by atoms with Crippen LogP contribution in [-0.4, -0.2) is 70.5 Å². The summed E-state index contributed by atoms with van der Waals surface area (Å²) in [6.07, 6.45) is 11.4. The van der Waals surface area contributed by atoms with E-state index in [4.69, 9.17) is 0 Å². The molecule has 36 heavy (non-hydrogen) atoms. The Morgan fingerprint density at radius 3 is 2.47 bits per heavy atom. The number of carbonyl (C=O) groups excluding carboxylic acids is 1. The van der Waals surface area contributed by atoms with Crippen molar-refractivity contribution in [3.63, 3.8) is 0 Å². The fourth-order valence-electron chi connectivity index (χ4n) is 7.56. The van der Waals surface area contributed by atoms with E-state index in [1.807, 2.05) is 31.3 Å². The van der Waals surface area contributed by atoms with E-state index in [9.17, 15) is 9.59 Å². The zero-order valence-electron chi connectivity index (χ0n) is 21.9. The first kappa shape index (κ1) is 23.9. The third-order valence-electron chi connectivity index (χ3n) is 9.67. The van der Waals surface area contributed by atoms with Crippen LogP contribution >= 0.6 is 0 Å². The highest BCUT2D eigenvalue weighted by atomic mass is 16.2. The van der Waals surface area contributed by atoms with Gasteiger partial charge in [-0.2, -0.15) is 0 Å². The van der Waals surface area contributed by atoms with Crippen molar-refractivity contribution in [3.05, 3.63) is 58.4 Å². The lowest BCUT2D eigenvalue weighted by atomic mass is 9.89. The summed E-state index contributed by atoms with van der Waals surface area (Å²) < 4.78 is 1.75. The van der Waals surface area contributed by atoms with Crippen molar-refractivity contribution in [2.24, 2.45) is 24.8 Å². The van der Waals surface area contributed by atoms with Crippen LogP contribution in [0.4, 0.5) is 0 Å². The number of nitrogens with zero attached hydrogens (tertiary/aromatic N) is 4. The van der Waals surface area contributed by atoms with Gasteiger partial charge in [0.25, 0.3) is 5.56 Å². The second-order valence-electron chi connectivity index (χ2n) is 11.9. The standard InChI is InChI=1S/C30H40N4O2/c1-31-13-15-34(16-14-31)30(11-5-6-12-30)21-33(29(36)26-18-22-9-10-23(26)17-22)20-25-19-24-7-3-4-8-27(24)32(2)28(25)35/h3-4,7-10,19,22-23,26H,5-6,11-18,20-21H2,1-2H3. The molecule has 1 saturated heterocycles. The number of hydrogen-bond donors (Lipinski definition) is 0. The zero-order chi connectivity index (χ0) is 24.9. The van der Waals surface area contributed by atoms with E-state index in [-0.39, 0.29) is 22.9 Å². The van der Waals surface area contributed by atoms with Gasteiger partial charge in [-0.05, 0) is 62.1 Å². The topological polar surface area (TPSA) is 48.8 Å². The largest absolute Gasteiger partial charge is 0.336 e. The minimum Gasteiger partial charge on any atom is -0.336 e. The molecule has 2 aromatic rings. The van der Waals surface area contributed by atoms with Crippen molar-refractivity contribution in [1.82, 2.24) is 19.3 Å². The van der Waals surface area contributed by atoms with Crippen LogP contribution < -0.4 is 5.56 Å². The summed E-state index contributed by atoms with van der Waals surface area (Å²) in [5.74, 6) is 1.25. The number of aromatic nitrogens is 1. The number of fused-ring (bicyclic) bond motifs is 3. The molecule has 4 aliphatic rings. The molecule has 6 rings (SSSR count). The molecule has 192 valence electrons. The molecule has 2 saturated carbocycles. The van der Waals surface area contributed by atoms with Crippen LogP contribution in [0.1, 0.15) is 44.1 Å². The number of likely N-dealkylation sites (N-methyl/N-ethyl adjacent to an activating group) is 1. The van der Waals surface area contributed by atoms with E-state index in [1.54, 1.807) is 4.57 Å². The predicted octanol–water partition coefficient (Wildman–Crippen LogP) is 3.64. The first-order valence-corrected chi connectivity index (χ1v) is 13.9. The third kappa shape index (κ3) is 4.22. The molecule has 3 atom stereocenters. The second-order valence-corrected chi connectivity index (χ2v) is 11.9. The highest BCUT2D eigenvalue weighted by Gasteiger charge is 2.46. The Bertz CT molecular complexity index is 1220. The van der Waals surface area contributed by atoms with Crippen molar-refractivity contribution >= 4 is 16.8 Å². The molecule has 1 amide bonds. The minimum atomic E-state index is 0.0133. The van der Waals surface area contributed by atoms with Crippen molar-refractivity contribution in [2.75, 3.05) is 39.8 Å². The van der Waals surface area contributed by atoms with Crippen molar-refractivity contribution < 1.29 is 4.79 Å². The third-order valence-corrected chi connectivity index (χ3v) is 9.67. The maximum Gasteiger partial charge on any atom is 0.255 e. The van der Waals surface area contributed by atoms with Crippen LogP contribution in [-0.2, 0) is 18.4 Å². The van der Waals surface area contributed by atoms with Gasteiger partial charge in [0.2, 0.25) is 5.91 Å². The maximum absolute atomic E-state index is 14.2. The predicted molar refractivity (Wildman–Crippen MR) is 144 cm³/mol. The van der Waals surface area contributed by atoms with Gasteiger partial charge in [-0.3, -0.25) is 14.5 Å². The highest BCUT2D eigenvalue weighted by molar-refractivity contribution is 5.81. The molecule has 1 aromatic carbocycles. The van der Waals surface area contributed by atoms with Gasteiger partial charge in [0.05, 0.1) is 12.1 Å². The molecule has 1 aliphatic heterocycles. The molecule has 0 radical (unpaired) electrons. The number of piperazine rings is 1. The van der Waals surface area contributed by atoms with Crippen molar-refractivity contribution in [1.29, 1.82) is 0 Å². The normalized spacial score (nSPS) is 27.8. The van der Waals surface area contributed by atoms with E-state index in [0.717, 1.165) is 74.9 Å². The number of allylic oxidation sites excluding steroid dienone is 2. The van der Waals surface area contributed by atoms with Gasteiger partial charge < -0.3 is 14.4 Å². The Balaban J connectivity index is 1.34. The van der Waals surface area contributed by atoms with E-state index >= 15 is 0 Å². The van der Waals surface area contributed by atoms with Crippen molar-refractivity contribution in [3.8, 4) is 0 Å². The summed E-state index contributed by atoms with van der Waals surface area (Å²) in [6, 6.07) is 10.1. The van der Waals surface area contributed by atoms with Crippen LogP contribution in [0, 0.1) is 17.8 Å². The zero-order valence-corrected chi connectivity index (χ0v) is 21.9. The number of para-hydroxylation sites is 1. The summed E-state index contributed by atoms with van der Waals surface area (Å²) >= 11 is 0. The van der Waals surface area contributed by atoms with Crippen molar-refractivity contribution in [2.45, 2.75) is 50.6 Å². The summed E-state index contributed by atoms with van der Waals surface area (Å²) in [5, 5.41) is 1.06. The molecular weight excluding hydrogens is 448 g/mol. The molecule has 0 spiro atoms. The molecule has 6 heteroatoms. The second kappa shape index (κ2) is 9.46. The molecule has 1 aromatic heterocycles. The van der Waals surface area contributed by atoms with E-state index < -0.39 is 0 Å². The lowest BCUT2D eigenvalue weighted by Crippen LogP contribution is -2.60. The fourth-order valence-corrected chi connectivity index (χ4v) is 7.56. The average Bonchev–Trinajstić information content (AvgIpc) is 3.65. The number of hydrogen-bond acceptors (Lipinski definition) is 4. The number of pyridine rings is 1. The average molecular weight is 489 g/mol. The van der Waals surface area contributed by atoms with Crippen LogP contribution in [0.25, 0.3) is 10.9 Å². The molecule has 0 N–H and O–H groups in total. The Morgan fingerprint density at radius 1 is 1.03 bits per heavy atom. The monoisotopic (exact) mass is 488 g/mol. The molecule has 2 bridgehead atoms. The summed E-state index contributed by atoms with van der Waals surface area (Å²) in [5.41, 5.74) is 1.72. The van der Waals surface area contributed by atoms with E-state index in [0.29, 0.717) is 18.4 Å². The Kier molecular flexibility index (Phi) is 6.29. The number of rotatable bonds is 6. The molecule has 3 aliphatic carbocycles. The minimum absolute atomic E-state index is 0.0133. The molecule has 3 fully saturated rings. The quantitative estimate of drug-likeness (QED) is 0.583. The number of amides is 1. The van der Waals surface area contributed by atoms with Gasteiger partial charge in [0.1, 0.15) is 0 Å². The van der Waals surface area contributed by atoms with Gasteiger partial charge in [0, 0.05) is 56.8 Å². The molecular formula is C30H40N4O2. The Hall–Kier alpha value is -2.44. The van der Waals surface area contributed by atoms with Crippen LogP contribution in [0.15, 0.2) is 47.3 Å². The SMILES string of the molecule is CN1CCN(C2(CN(Cc3cc4ccccc4n(C)c3=O)C(=O)C3CC4C=CC3C4)CCCC2)CC1. The van der Waals surface area contributed by atoms with Gasteiger partial charge in [-0.15, -0.1) is 0 Å². The molecule has 3 unspecified atom stereocenters. The summed E-state index contributed by atoms with van der Waals surface area (Å²) in [7, 11) is 4.05. The smallest absolute Gasteiger partial charge is 0.255 e. The number of benzene rings is 1. The summed E-state index contributed by atoms with van der Waals surface area (Å²) in [4.78, 5) is 34.9. The van der Waals surface area contributed by atoms with E-state index in [2.05, 4.69) is 40.0 Å². The first-order chi connectivity index (χ1) is 17.4. The van der Waals surface area contributed by atoms with Gasteiger partial charge in [-0.1, -0.05) is 43.2 Å². The number of carbonyl (C=O) groups is 1. The van der Waals surface area contributed by atoms with Gasteiger partial charge >= 0.3 is 0 Å². The lowest BCUT2D eigenvalue weighted by Gasteiger charge is -2.48. The van der Waals surface area contributed by atoms with Crippen LogP contribution in [0.2, 0.25) is 0 Å². The van der Waals surface area contributed by atoms with Gasteiger partial charge in [0.15, 0.2) is 0 Å². The fraction of sp³-hybridized carbons (Fsp3) is 0.600. The first-order valence-electron chi connectivity index (χ1n) is 13.9. The number of aryl methyl sites for hydroxylation is 1. The molecule has 2 heterocycles. The van der Waals surface area contributed by atoms with Crippen LogP contribution in [0.3, 0.4) is 0 Å². The highest BCUT2D eigenvalue weighted by Crippen LogP contribution is 2.45. The lowest BCUT2D eigenvalue weighted by molar-refractivity contribution is -0.139. The van der Waals surface area contributed by atoms with Gasteiger partial charge in [-0.25, -0.2) is 0 Å². The van der Waals surface area contributed by atoms with Crippen LogP contribution in [0.5, 0.6) is 0 Å².